The maximum Gasteiger partial charge on any atom is 0.338 e. The van der Waals surface area contributed by atoms with E-state index < -0.39 is 11.9 Å². The minimum atomic E-state index is -0.638. The number of amides is 1. The molecule has 1 amide bonds. The Hall–Kier alpha value is -2.04. The summed E-state index contributed by atoms with van der Waals surface area (Å²) < 4.78 is 4.98. The first-order valence-electron chi connectivity index (χ1n) is 7.92. The summed E-state index contributed by atoms with van der Waals surface area (Å²) in [5.74, 6) is -0.581. The molecule has 0 spiro atoms. The fraction of sp³-hybridized carbons (Fsp3) is 0.263. The normalized spacial score (nSPS) is 11.7. The largest absolute Gasteiger partial charge is 0.452 e. The zero-order chi connectivity index (χ0) is 18.4. The molecule has 1 N–H and O–H groups in total. The van der Waals surface area contributed by atoms with E-state index in [1.165, 1.54) is 23.8 Å². The van der Waals surface area contributed by atoms with E-state index in [0.29, 0.717) is 16.6 Å². The second-order valence-corrected chi connectivity index (χ2v) is 6.50. The van der Waals surface area contributed by atoms with Crippen LogP contribution in [0.25, 0.3) is 0 Å². The molecule has 0 saturated carbocycles. The Morgan fingerprint density at radius 2 is 1.76 bits per heavy atom. The first-order chi connectivity index (χ1) is 11.9. The molecule has 4 nitrogen and oxygen atoms in total. The Morgan fingerprint density at radius 1 is 1.08 bits per heavy atom. The van der Waals surface area contributed by atoms with Crippen LogP contribution in [-0.4, -0.2) is 18.5 Å². The smallest absolute Gasteiger partial charge is 0.338 e. The van der Waals surface area contributed by atoms with Crippen LogP contribution in [0.3, 0.4) is 0 Å². The van der Waals surface area contributed by atoms with Crippen molar-refractivity contribution < 1.29 is 14.3 Å². The minimum absolute atomic E-state index is 0.236. The van der Waals surface area contributed by atoms with Crippen LogP contribution in [0.15, 0.2) is 42.5 Å². The molecule has 0 heterocycles. The third-order valence-corrected chi connectivity index (χ3v) is 4.60. The number of hydrogen-bond donors (Lipinski definition) is 1. The number of nitrogens with one attached hydrogen (secondary N) is 1. The predicted octanol–water partition coefficient (Wildman–Crippen LogP) is 5.30. The topological polar surface area (TPSA) is 55.4 Å². The highest BCUT2D eigenvalue weighted by Crippen LogP contribution is 2.23. The van der Waals surface area contributed by atoms with Gasteiger partial charge in [-0.1, -0.05) is 49.2 Å². The molecule has 2 aromatic rings. The number of ether oxygens (including phenoxy) is 1. The van der Waals surface area contributed by atoms with Gasteiger partial charge in [0.2, 0.25) is 0 Å². The van der Waals surface area contributed by atoms with Crippen molar-refractivity contribution in [3.05, 3.63) is 63.6 Å². The molecular weight excluding hydrogens is 361 g/mol. The number of carbonyl (C=O) groups is 2. The number of esters is 1. The van der Waals surface area contributed by atoms with Crippen LogP contribution in [-0.2, 0) is 9.53 Å². The summed E-state index contributed by atoms with van der Waals surface area (Å²) in [5, 5.41) is 3.29. The molecular formula is C19H19Cl2NO3. The van der Waals surface area contributed by atoms with Crippen molar-refractivity contribution in [3.63, 3.8) is 0 Å². The summed E-state index contributed by atoms with van der Waals surface area (Å²) in [7, 11) is 0. The van der Waals surface area contributed by atoms with Gasteiger partial charge < -0.3 is 10.1 Å². The van der Waals surface area contributed by atoms with Gasteiger partial charge in [0.25, 0.3) is 5.91 Å². The second-order valence-electron chi connectivity index (χ2n) is 5.68. The second kappa shape index (κ2) is 8.88. The molecule has 2 aromatic carbocycles. The SMILES string of the molecule is CC[C@H](C)c1ccc(NC(=O)COC(=O)c2ccc(Cl)c(Cl)c2)cc1. The third-order valence-electron chi connectivity index (χ3n) is 3.87. The van der Waals surface area contributed by atoms with Crippen LogP contribution in [0.4, 0.5) is 5.69 Å². The van der Waals surface area contributed by atoms with E-state index in [4.69, 9.17) is 27.9 Å². The molecule has 0 aliphatic heterocycles. The van der Waals surface area contributed by atoms with Crippen LogP contribution in [0.5, 0.6) is 0 Å². The molecule has 0 aliphatic carbocycles. The first kappa shape index (κ1) is 19.3. The Labute approximate surface area is 157 Å². The average Bonchev–Trinajstić information content (AvgIpc) is 2.62. The average molecular weight is 380 g/mol. The van der Waals surface area contributed by atoms with Gasteiger partial charge in [0, 0.05) is 5.69 Å². The highest BCUT2D eigenvalue weighted by Gasteiger charge is 2.12. The molecule has 0 unspecified atom stereocenters. The maximum atomic E-state index is 11.9. The van der Waals surface area contributed by atoms with Gasteiger partial charge in [0.15, 0.2) is 6.61 Å². The Balaban J connectivity index is 1.87. The van der Waals surface area contributed by atoms with Gasteiger partial charge >= 0.3 is 5.97 Å². The van der Waals surface area contributed by atoms with Crippen LogP contribution < -0.4 is 5.32 Å². The molecule has 0 saturated heterocycles. The van der Waals surface area contributed by atoms with E-state index in [9.17, 15) is 9.59 Å². The number of hydrogen-bond acceptors (Lipinski definition) is 3. The molecule has 6 heteroatoms. The molecule has 1 atom stereocenters. The van der Waals surface area contributed by atoms with Crippen molar-refractivity contribution in [2.45, 2.75) is 26.2 Å². The van der Waals surface area contributed by atoms with E-state index in [2.05, 4.69) is 19.2 Å². The van der Waals surface area contributed by atoms with Gasteiger partial charge in [-0.05, 0) is 48.2 Å². The zero-order valence-corrected chi connectivity index (χ0v) is 15.5. The predicted molar refractivity (Wildman–Crippen MR) is 101 cm³/mol. The monoisotopic (exact) mass is 379 g/mol. The molecule has 0 bridgehead atoms. The van der Waals surface area contributed by atoms with Crippen molar-refractivity contribution in [3.8, 4) is 0 Å². The molecule has 0 aromatic heterocycles. The van der Waals surface area contributed by atoms with Gasteiger partial charge in [0.05, 0.1) is 15.6 Å². The lowest BCUT2D eigenvalue weighted by molar-refractivity contribution is -0.119. The Kier molecular flexibility index (Phi) is 6.85. The molecule has 25 heavy (non-hydrogen) atoms. The third kappa shape index (κ3) is 5.48. The van der Waals surface area contributed by atoms with E-state index in [1.807, 2.05) is 24.3 Å². The lowest BCUT2D eigenvalue weighted by atomic mass is 9.99. The lowest BCUT2D eigenvalue weighted by Crippen LogP contribution is -2.20. The van der Waals surface area contributed by atoms with Gasteiger partial charge in [-0.15, -0.1) is 0 Å². The van der Waals surface area contributed by atoms with Crippen molar-refractivity contribution >= 4 is 40.8 Å². The first-order valence-corrected chi connectivity index (χ1v) is 8.68. The van der Waals surface area contributed by atoms with E-state index >= 15 is 0 Å². The lowest BCUT2D eigenvalue weighted by Gasteiger charge is -2.11. The van der Waals surface area contributed by atoms with E-state index in [1.54, 1.807) is 0 Å². The number of carbonyl (C=O) groups excluding carboxylic acids is 2. The quantitative estimate of drug-likeness (QED) is 0.692. The summed E-state index contributed by atoms with van der Waals surface area (Å²) in [6.07, 6.45) is 1.05. The Morgan fingerprint density at radius 3 is 2.36 bits per heavy atom. The minimum Gasteiger partial charge on any atom is -0.452 e. The maximum absolute atomic E-state index is 11.9. The number of halogens is 2. The van der Waals surface area contributed by atoms with Gasteiger partial charge in [-0.3, -0.25) is 4.79 Å². The summed E-state index contributed by atoms with van der Waals surface area (Å²) in [6, 6.07) is 12.0. The summed E-state index contributed by atoms with van der Waals surface area (Å²) >= 11 is 11.6. The Bertz CT molecular complexity index is 760. The number of rotatable bonds is 6. The van der Waals surface area contributed by atoms with Gasteiger partial charge in [-0.25, -0.2) is 4.79 Å². The highest BCUT2D eigenvalue weighted by molar-refractivity contribution is 6.42. The van der Waals surface area contributed by atoms with Crippen molar-refractivity contribution in [1.82, 2.24) is 0 Å². The van der Waals surface area contributed by atoms with E-state index in [0.717, 1.165) is 6.42 Å². The molecule has 2 rings (SSSR count). The zero-order valence-electron chi connectivity index (χ0n) is 14.0. The van der Waals surface area contributed by atoms with Crippen LogP contribution in [0.2, 0.25) is 10.0 Å². The van der Waals surface area contributed by atoms with Crippen LogP contribution in [0, 0.1) is 0 Å². The summed E-state index contributed by atoms with van der Waals surface area (Å²) in [4.78, 5) is 23.8. The van der Waals surface area contributed by atoms with Crippen LogP contribution in [0.1, 0.15) is 42.1 Å². The fourth-order valence-electron chi connectivity index (χ4n) is 2.17. The summed E-state index contributed by atoms with van der Waals surface area (Å²) in [5.41, 5.74) is 2.11. The summed E-state index contributed by atoms with van der Waals surface area (Å²) in [6.45, 7) is 3.89. The van der Waals surface area contributed by atoms with Crippen LogP contribution >= 0.6 is 23.2 Å². The van der Waals surface area contributed by atoms with Crippen molar-refractivity contribution in [2.75, 3.05) is 11.9 Å². The number of anilines is 1. The molecule has 132 valence electrons. The molecule has 0 radical (unpaired) electrons. The van der Waals surface area contributed by atoms with Gasteiger partial charge in [-0.2, -0.15) is 0 Å². The standard InChI is InChI=1S/C19H19Cl2NO3/c1-3-12(2)13-4-7-15(8-5-13)22-18(23)11-25-19(24)14-6-9-16(20)17(21)10-14/h4-10,12H,3,11H2,1-2H3,(H,22,23)/t12-/m0/s1. The molecule has 0 aliphatic rings. The fourth-order valence-corrected chi connectivity index (χ4v) is 2.46. The van der Waals surface area contributed by atoms with Crippen molar-refractivity contribution in [1.29, 1.82) is 0 Å². The van der Waals surface area contributed by atoms with E-state index in [-0.39, 0.29) is 17.2 Å². The van der Waals surface area contributed by atoms with Gasteiger partial charge in [0.1, 0.15) is 0 Å². The highest BCUT2D eigenvalue weighted by atomic mass is 35.5. The molecule has 0 fully saturated rings. The van der Waals surface area contributed by atoms with Crippen molar-refractivity contribution in [2.24, 2.45) is 0 Å². The number of benzene rings is 2.